The zero-order valence-electron chi connectivity index (χ0n) is 13.9. The van der Waals surface area contributed by atoms with Crippen molar-refractivity contribution in [1.29, 1.82) is 0 Å². The zero-order chi connectivity index (χ0) is 15.7. The van der Waals surface area contributed by atoms with Crippen molar-refractivity contribution in [3.8, 4) is 0 Å². The Hall–Kier alpha value is -0.200. The summed E-state index contributed by atoms with van der Waals surface area (Å²) >= 11 is 0. The van der Waals surface area contributed by atoms with Gasteiger partial charge in [0.05, 0.1) is 6.61 Å². The van der Waals surface area contributed by atoms with Crippen LogP contribution >= 0.6 is 0 Å². The van der Waals surface area contributed by atoms with Crippen LogP contribution < -0.4 is 0 Å². The minimum atomic E-state index is -0.728. The average molecular weight is 302 g/mol. The summed E-state index contributed by atoms with van der Waals surface area (Å²) in [6.07, 6.45) is 1.76. The van der Waals surface area contributed by atoms with E-state index in [1.54, 1.807) is 0 Å². The molecule has 1 N–H and O–H groups in total. The number of hydrogen-bond donors (Lipinski definition) is 1. The molecule has 2 saturated heterocycles. The minimum absolute atomic E-state index is 0.0812. The van der Waals surface area contributed by atoms with Crippen LogP contribution in [0.3, 0.4) is 0 Å². The molecule has 5 heteroatoms. The zero-order valence-corrected chi connectivity index (χ0v) is 13.9. The fourth-order valence-corrected chi connectivity index (χ4v) is 3.30. The molecular weight excluding hydrogens is 272 g/mol. The molecule has 2 rings (SSSR count). The Morgan fingerprint density at radius 1 is 1.19 bits per heavy atom. The predicted octanol–water partition coefficient (Wildman–Crippen LogP) is 2.46. The molecule has 0 aromatic rings. The number of hydrogen-bond acceptors (Lipinski definition) is 5. The van der Waals surface area contributed by atoms with Crippen molar-refractivity contribution in [2.45, 2.75) is 83.8 Å². The molecule has 0 aromatic carbocycles. The highest BCUT2D eigenvalue weighted by Gasteiger charge is 2.62. The third-order valence-corrected chi connectivity index (χ3v) is 4.07. The SMILES string of the molecule is CCCCOC1[C@@H]2OC(C)(C)O[C@H]2O[C@]1(CO)CC(C)C. The highest BCUT2D eigenvalue weighted by Crippen LogP contribution is 2.46. The molecule has 0 bridgehead atoms. The second kappa shape index (κ2) is 6.50. The van der Waals surface area contributed by atoms with E-state index in [4.69, 9.17) is 18.9 Å². The van der Waals surface area contributed by atoms with E-state index in [1.807, 2.05) is 13.8 Å². The van der Waals surface area contributed by atoms with Gasteiger partial charge in [-0.15, -0.1) is 0 Å². The average Bonchev–Trinajstić information content (AvgIpc) is 2.80. The topological polar surface area (TPSA) is 57.2 Å². The summed E-state index contributed by atoms with van der Waals surface area (Å²) in [5.74, 6) is -0.275. The molecule has 0 saturated carbocycles. The summed E-state index contributed by atoms with van der Waals surface area (Å²) in [6, 6.07) is 0. The molecule has 2 fully saturated rings. The summed E-state index contributed by atoms with van der Waals surface area (Å²) in [4.78, 5) is 0. The van der Waals surface area contributed by atoms with Crippen LogP contribution in [0.5, 0.6) is 0 Å². The third-order valence-electron chi connectivity index (χ3n) is 4.07. The van der Waals surface area contributed by atoms with E-state index < -0.39 is 17.7 Å². The Bertz CT molecular complexity index is 344. The quantitative estimate of drug-likeness (QED) is 0.732. The molecule has 2 aliphatic heterocycles. The van der Waals surface area contributed by atoms with Crippen molar-refractivity contribution in [2.75, 3.05) is 13.2 Å². The lowest BCUT2D eigenvalue weighted by molar-refractivity contribution is -0.253. The number of unbranched alkanes of at least 4 members (excludes halogenated alkanes) is 1. The van der Waals surface area contributed by atoms with Crippen LogP contribution in [0.15, 0.2) is 0 Å². The van der Waals surface area contributed by atoms with Crippen LogP contribution in [0, 0.1) is 5.92 Å². The normalized spacial score (nSPS) is 38.1. The highest BCUT2D eigenvalue weighted by molar-refractivity contribution is 5.04. The molecule has 21 heavy (non-hydrogen) atoms. The minimum Gasteiger partial charge on any atom is -0.393 e. The Labute approximate surface area is 127 Å². The van der Waals surface area contributed by atoms with Crippen LogP contribution in [0.25, 0.3) is 0 Å². The predicted molar refractivity (Wildman–Crippen MR) is 78.8 cm³/mol. The molecule has 0 aliphatic carbocycles. The third kappa shape index (κ3) is 3.59. The van der Waals surface area contributed by atoms with Crippen LogP contribution in [0.1, 0.15) is 53.9 Å². The molecule has 0 spiro atoms. The number of aliphatic hydroxyl groups excluding tert-OH is 1. The summed E-state index contributed by atoms with van der Waals surface area (Å²) in [7, 11) is 0. The van der Waals surface area contributed by atoms with Crippen LogP contribution in [0.2, 0.25) is 0 Å². The van der Waals surface area contributed by atoms with Crippen molar-refractivity contribution in [3.05, 3.63) is 0 Å². The fourth-order valence-electron chi connectivity index (χ4n) is 3.30. The number of aliphatic hydroxyl groups is 1. The number of ether oxygens (including phenoxy) is 4. The molecule has 0 aromatic heterocycles. The van der Waals surface area contributed by atoms with E-state index in [1.165, 1.54) is 0 Å². The van der Waals surface area contributed by atoms with E-state index in [-0.39, 0.29) is 18.8 Å². The van der Waals surface area contributed by atoms with Crippen molar-refractivity contribution in [3.63, 3.8) is 0 Å². The van der Waals surface area contributed by atoms with Crippen LogP contribution in [-0.4, -0.2) is 48.2 Å². The van der Waals surface area contributed by atoms with Gasteiger partial charge in [0, 0.05) is 6.61 Å². The lowest BCUT2D eigenvalue weighted by atomic mass is 9.87. The van der Waals surface area contributed by atoms with E-state index >= 15 is 0 Å². The fraction of sp³-hybridized carbons (Fsp3) is 1.00. The lowest BCUT2D eigenvalue weighted by Gasteiger charge is -2.36. The van der Waals surface area contributed by atoms with Crippen molar-refractivity contribution in [1.82, 2.24) is 0 Å². The Balaban J connectivity index is 2.16. The summed E-state index contributed by atoms with van der Waals surface area (Å²) < 4.78 is 23.9. The van der Waals surface area contributed by atoms with Gasteiger partial charge in [-0.3, -0.25) is 0 Å². The van der Waals surface area contributed by atoms with Crippen molar-refractivity contribution in [2.24, 2.45) is 5.92 Å². The summed E-state index contributed by atoms with van der Waals surface area (Å²) in [5, 5.41) is 9.96. The molecule has 124 valence electrons. The van der Waals surface area contributed by atoms with Gasteiger partial charge >= 0.3 is 0 Å². The van der Waals surface area contributed by atoms with E-state index in [0.717, 1.165) is 19.3 Å². The summed E-state index contributed by atoms with van der Waals surface area (Å²) in [6.45, 7) is 10.7. The number of fused-ring (bicyclic) bond motifs is 1. The van der Waals surface area contributed by atoms with Gasteiger partial charge in [0.1, 0.15) is 17.8 Å². The first-order valence-electron chi connectivity index (χ1n) is 8.09. The lowest BCUT2D eigenvalue weighted by Crippen LogP contribution is -2.50. The maximum Gasteiger partial charge on any atom is 0.190 e. The maximum absolute atomic E-state index is 9.96. The molecule has 0 amide bonds. The van der Waals surface area contributed by atoms with Gasteiger partial charge in [0.25, 0.3) is 0 Å². The van der Waals surface area contributed by atoms with E-state index in [2.05, 4.69) is 20.8 Å². The molecule has 2 aliphatic rings. The Kier molecular flexibility index (Phi) is 5.31. The first-order chi connectivity index (χ1) is 9.83. The molecule has 4 atom stereocenters. The second-order valence-corrected chi connectivity index (χ2v) is 7.05. The standard InChI is InChI=1S/C16H30O5/c1-6-7-8-18-13-12-14(20-15(4,5)19-12)21-16(13,10-17)9-11(2)3/h11-14,17H,6-10H2,1-5H3/t12-,13?,14-,16-/m0/s1. The maximum atomic E-state index is 9.96. The van der Waals surface area contributed by atoms with Gasteiger partial charge in [-0.05, 0) is 32.6 Å². The molecule has 2 heterocycles. The van der Waals surface area contributed by atoms with Gasteiger partial charge in [-0.2, -0.15) is 0 Å². The molecule has 5 nitrogen and oxygen atoms in total. The summed E-state index contributed by atoms with van der Waals surface area (Å²) in [5.41, 5.74) is -0.728. The second-order valence-electron chi connectivity index (χ2n) is 7.05. The van der Waals surface area contributed by atoms with Gasteiger partial charge in [-0.25, -0.2) is 0 Å². The van der Waals surface area contributed by atoms with E-state index in [9.17, 15) is 5.11 Å². The van der Waals surface area contributed by atoms with Crippen LogP contribution in [0.4, 0.5) is 0 Å². The highest BCUT2D eigenvalue weighted by atomic mass is 16.8. The van der Waals surface area contributed by atoms with Gasteiger partial charge in [-0.1, -0.05) is 27.2 Å². The van der Waals surface area contributed by atoms with Crippen LogP contribution in [-0.2, 0) is 18.9 Å². The Morgan fingerprint density at radius 3 is 2.48 bits per heavy atom. The molecule has 0 radical (unpaired) electrons. The smallest absolute Gasteiger partial charge is 0.190 e. The monoisotopic (exact) mass is 302 g/mol. The molecular formula is C16H30O5. The number of rotatable bonds is 7. The van der Waals surface area contributed by atoms with Gasteiger partial charge in [0.2, 0.25) is 0 Å². The van der Waals surface area contributed by atoms with E-state index in [0.29, 0.717) is 12.5 Å². The van der Waals surface area contributed by atoms with Gasteiger partial charge < -0.3 is 24.1 Å². The Morgan fingerprint density at radius 2 is 1.90 bits per heavy atom. The first-order valence-corrected chi connectivity index (χ1v) is 8.09. The van der Waals surface area contributed by atoms with Crippen molar-refractivity contribution >= 4 is 0 Å². The van der Waals surface area contributed by atoms with Gasteiger partial charge in [0.15, 0.2) is 12.1 Å². The largest absolute Gasteiger partial charge is 0.393 e. The molecule has 1 unspecified atom stereocenters. The van der Waals surface area contributed by atoms with Crippen molar-refractivity contribution < 1.29 is 24.1 Å². The first kappa shape index (κ1) is 17.2.